The van der Waals surface area contributed by atoms with Crippen molar-refractivity contribution < 1.29 is 123 Å². The number of carbonyl (C=O) groups is 4. The van der Waals surface area contributed by atoms with Crippen molar-refractivity contribution in [3.63, 3.8) is 0 Å². The van der Waals surface area contributed by atoms with Gasteiger partial charge in [-0.1, -0.05) is 111 Å². The average Bonchev–Trinajstić information content (AvgIpc) is 0.648. The number of hydrogen-bond donors (Lipinski definition) is 4. The van der Waals surface area contributed by atoms with Gasteiger partial charge in [-0.2, -0.15) is 0 Å². The summed E-state index contributed by atoms with van der Waals surface area (Å²) in [6.07, 6.45) is -20.2. The van der Waals surface area contributed by atoms with Gasteiger partial charge in [0.2, 0.25) is 0 Å². The lowest BCUT2D eigenvalue weighted by molar-refractivity contribution is -0.161. The summed E-state index contributed by atoms with van der Waals surface area (Å²) in [4.78, 5) is 56.7. The molecular formula is C96H152N8O16. The fourth-order valence-corrected chi connectivity index (χ4v) is 14.5. The monoisotopic (exact) mass is 1710 g/mol. The normalized spacial score (nSPS) is 36.3. The number of ether oxygens (including phenoxy) is 12. The first-order valence-electron chi connectivity index (χ1n) is 58.3. The van der Waals surface area contributed by atoms with Crippen LogP contribution in [0.4, 0.5) is 0 Å². The van der Waals surface area contributed by atoms with Crippen molar-refractivity contribution in [2.45, 2.75) is 260 Å². The summed E-state index contributed by atoms with van der Waals surface area (Å²) in [5.41, 5.74) is 24.9. The summed E-state index contributed by atoms with van der Waals surface area (Å²) in [5, 5.41) is 0. The molecule has 24 nitrogen and oxygen atoms in total. The van der Waals surface area contributed by atoms with Crippen LogP contribution in [0.1, 0.15) is 277 Å². The lowest BCUT2D eigenvalue weighted by Crippen LogP contribution is -2.51. The van der Waals surface area contributed by atoms with Gasteiger partial charge < -0.3 is 79.8 Å². The number of fused-ring (bicyclic) bond motifs is 12. The lowest BCUT2D eigenvalue weighted by atomic mass is 9.79. The zero-order valence-electron chi connectivity index (χ0n) is 108. The van der Waals surface area contributed by atoms with Crippen LogP contribution in [0, 0.1) is 70.9 Å². The van der Waals surface area contributed by atoms with Gasteiger partial charge in [0.25, 0.3) is 0 Å². The highest BCUT2D eigenvalue weighted by atomic mass is 16.6. The molecule has 0 bridgehead atoms. The molecule has 0 spiro atoms. The summed E-state index contributed by atoms with van der Waals surface area (Å²) in [5.74, 6) is -17.2. The molecule has 0 saturated carbocycles. The van der Waals surface area contributed by atoms with Crippen LogP contribution in [0.2, 0.25) is 0 Å². The average molecular weight is 1710 g/mol. The third kappa shape index (κ3) is 23.8. The van der Waals surface area contributed by atoms with E-state index < -0.39 is 221 Å². The highest BCUT2D eigenvalue weighted by Gasteiger charge is 2.47. The number of carbonyl (C=O) groups excluding carboxylic acids is 4. The van der Waals surface area contributed by atoms with E-state index in [1.54, 1.807) is 111 Å². The Morgan fingerprint density at radius 2 is 0.642 bits per heavy atom. The highest BCUT2D eigenvalue weighted by Crippen LogP contribution is 2.50. The number of benzene rings is 4. The molecule has 672 valence electrons. The quantitative estimate of drug-likeness (QED) is 0.0303. The van der Waals surface area contributed by atoms with Crippen LogP contribution in [0.15, 0.2) is 48.4 Å². The Balaban J connectivity index is 0.000000227. The summed E-state index contributed by atoms with van der Waals surface area (Å²) >= 11 is 0. The van der Waals surface area contributed by atoms with Crippen LogP contribution < -0.4 is 60.8 Å². The minimum Gasteiger partial charge on any atom is -0.493 e. The van der Waals surface area contributed by atoms with Crippen LogP contribution >= 0.6 is 0 Å². The highest BCUT2D eigenvalue weighted by molar-refractivity contribution is 5.77. The van der Waals surface area contributed by atoms with Crippen molar-refractivity contribution >= 4 is 23.9 Å². The summed E-state index contributed by atoms with van der Waals surface area (Å²) in [6.45, 7) is 16.7. The molecule has 12 unspecified atom stereocenters. The molecule has 120 heavy (non-hydrogen) atoms. The Morgan fingerprint density at radius 3 is 0.958 bits per heavy atom. The molecule has 12 rings (SSSR count). The van der Waals surface area contributed by atoms with Crippen LogP contribution in [0.5, 0.6) is 46.0 Å². The largest absolute Gasteiger partial charge is 0.493 e. The summed E-state index contributed by atoms with van der Waals surface area (Å²) < 4.78 is 365. The predicted octanol–water partition coefficient (Wildman–Crippen LogP) is 14.3. The fraction of sp³-hybridized carbons (Fsp3) is 0.708. The molecule has 4 saturated heterocycles. The van der Waals surface area contributed by atoms with Crippen molar-refractivity contribution in [1.29, 1.82) is 0 Å². The maximum Gasteiger partial charge on any atom is 0.323 e. The van der Waals surface area contributed by atoms with Gasteiger partial charge in [-0.25, -0.2) is 0 Å². The van der Waals surface area contributed by atoms with Gasteiger partial charge in [-0.05, 0) is 192 Å². The summed E-state index contributed by atoms with van der Waals surface area (Å²) in [6, 6.07) is -10.8. The molecule has 24 heteroatoms. The Hall–Kier alpha value is -7.16. The predicted molar refractivity (Wildman–Crippen MR) is 471 cm³/mol. The zero-order chi connectivity index (χ0) is 118. The van der Waals surface area contributed by atoms with E-state index in [0.717, 1.165) is 16.9 Å². The number of piperidine rings is 4. The van der Waals surface area contributed by atoms with E-state index in [1.165, 1.54) is 57.5 Å². The smallest absolute Gasteiger partial charge is 0.323 e. The molecule has 4 fully saturated rings. The molecule has 8 aliphatic rings. The standard InChI is InChI=1S/4C24H38N2O4/c4*1-14(2)9-17-13-26-8-7-16-10-21(28-5)22(29-6)11-18(16)19(26)12-20(17)30-24(27)23(25)15(3)4/h4*10-11,14-15,17,19-20,23H,7-9,12-13,25H2,1-6H3/t4*17?,19?,20?,23-/m0000/s1/i5D3,12D2,13D2,17D,19D,20D;5D3,10D,11D,12D2,13D2,17D;2*10D,11D,12D2,13D2,17D. The molecule has 8 aliphatic heterocycles. The van der Waals surface area contributed by atoms with Gasteiger partial charge in [0.05, 0.1) is 75.9 Å². The topological polar surface area (TPSA) is 296 Å². The van der Waals surface area contributed by atoms with Gasteiger partial charge in [0.15, 0.2) is 46.0 Å². The molecular weight excluding hydrogens is 1520 g/mol. The second kappa shape index (κ2) is 43.9. The van der Waals surface area contributed by atoms with Crippen LogP contribution in [-0.4, -0.2) is 201 Å². The number of methoxy groups -OCH3 is 8. The van der Waals surface area contributed by atoms with E-state index in [-0.39, 0.29) is 205 Å². The molecule has 4 aromatic rings. The Bertz CT molecular complexity index is 5590. The first kappa shape index (κ1) is 58.9. The molecule has 8 N–H and O–H groups in total. The van der Waals surface area contributed by atoms with Gasteiger partial charge in [0, 0.05) is 153 Å². The van der Waals surface area contributed by atoms with Crippen molar-refractivity contribution in [3.8, 4) is 46.0 Å². The zero-order valence-corrected chi connectivity index (χ0v) is 73.7. The minimum absolute atomic E-state index is 0.00409. The van der Waals surface area contributed by atoms with Crippen molar-refractivity contribution in [3.05, 3.63) is 92.9 Å². The second-order valence-corrected chi connectivity index (χ2v) is 33.9. The maximum absolute atomic E-state index is 13.1. The van der Waals surface area contributed by atoms with Gasteiger partial charge in [-0.15, -0.1) is 0 Å². The maximum atomic E-state index is 13.1. The molecule has 4 aromatic carbocycles. The van der Waals surface area contributed by atoms with Crippen molar-refractivity contribution in [1.82, 2.24) is 19.6 Å². The first-order chi connectivity index (χ1) is 70.1. The summed E-state index contributed by atoms with van der Waals surface area (Å²) in [7, 11) is 1.90. The molecule has 0 aromatic heterocycles. The molecule has 0 aliphatic carbocycles. The van der Waals surface area contributed by atoms with E-state index in [1.807, 2.05) is 0 Å². The Morgan fingerprint density at radius 1 is 0.367 bits per heavy atom. The van der Waals surface area contributed by atoms with Gasteiger partial charge in [-0.3, -0.25) is 38.8 Å². The Labute approximate surface area is 766 Å². The molecule has 8 heterocycles. The SMILES string of the molecule is [2H]C([2H])([2H])Oc1cc2c(cc1OC)C1([2H])N(CC2)C([2H])([2H])C([2H])(CC(C)C)C([2H])(OC(=O)[C@@H](N)C(C)C)C1([2H])[2H].[2H]c1c2c(c([2H])c(OC)c1OC([2H])([2H])[2H])C1N(CC2)C([2H])([2H])C([2H])(CC(C)C)C(OC(=O)[C@@H](N)C(C)C)C1([2H])[2H].[2H]c1c2c(c([2H])c(OC)c1OC)C1N(CC2)C([2H])([2H])C([2H])(CC(C)C)C(OC(=O)[C@@H](N)C(C)C)C1([2H])[2H].[2H]c1c2c(c([2H])c(OC)c1OC)C1N(CC2)C([2H])([2H])C([2H])(CC(C)C)C(OC(=O)[C@@H](N)C(C)C)C1([2H])[2H]. The molecule has 16 atom stereocenters. The lowest BCUT2D eigenvalue weighted by Gasteiger charge is -2.47. The molecule has 0 amide bonds. The minimum atomic E-state index is -3.24. The van der Waals surface area contributed by atoms with Gasteiger partial charge >= 0.3 is 23.9 Å². The number of nitrogens with zero attached hydrogens (tertiary/aromatic N) is 4. The number of esters is 4. The Kier molecular flexibility index (Phi) is 21.6. The third-order valence-corrected chi connectivity index (χ3v) is 21.3. The number of hydrogen-bond acceptors (Lipinski definition) is 24. The first-order valence-corrected chi connectivity index (χ1v) is 41.3. The van der Waals surface area contributed by atoms with Crippen molar-refractivity contribution in [2.75, 3.05) is 109 Å². The number of nitrogens with two attached hydrogens (primary N) is 4. The van der Waals surface area contributed by atoms with Gasteiger partial charge in [0.1, 0.15) is 48.6 Å². The number of rotatable bonds is 28. The van der Waals surface area contributed by atoms with E-state index in [4.69, 9.17) is 107 Å². The fourth-order valence-electron chi connectivity index (χ4n) is 14.5. The van der Waals surface area contributed by atoms with Crippen LogP contribution in [-0.2, 0) is 63.8 Å². The van der Waals surface area contributed by atoms with Crippen LogP contribution in [0.25, 0.3) is 0 Å². The third-order valence-electron chi connectivity index (χ3n) is 21.3. The van der Waals surface area contributed by atoms with E-state index >= 15 is 0 Å². The van der Waals surface area contributed by atoms with E-state index in [0.29, 0.717) is 11.1 Å². The van der Waals surface area contributed by atoms with Crippen molar-refractivity contribution in [2.24, 2.45) is 93.9 Å². The van der Waals surface area contributed by atoms with E-state index in [2.05, 4.69) is 0 Å². The molecule has 0 radical (unpaired) electrons. The van der Waals surface area contributed by atoms with E-state index in [9.17, 15) is 38.4 Å². The van der Waals surface area contributed by atoms with Crippen LogP contribution in [0.3, 0.4) is 0 Å². The second-order valence-electron chi connectivity index (χ2n) is 33.9.